The largest absolute Gasteiger partial charge is 0.464 e. The molecule has 1 saturated heterocycles. The summed E-state index contributed by atoms with van der Waals surface area (Å²) in [5.41, 5.74) is 0. The molecule has 0 bridgehead atoms. The molecule has 146 valence electrons. The van der Waals surface area contributed by atoms with Crippen molar-refractivity contribution in [2.24, 2.45) is 7.05 Å². The van der Waals surface area contributed by atoms with Gasteiger partial charge in [-0.3, -0.25) is 9.36 Å². The molecule has 1 aliphatic carbocycles. The van der Waals surface area contributed by atoms with Gasteiger partial charge in [0.05, 0.1) is 25.5 Å². The van der Waals surface area contributed by atoms with Gasteiger partial charge in [-0.15, -0.1) is 10.2 Å². The van der Waals surface area contributed by atoms with Crippen LogP contribution in [-0.2, 0) is 23.1 Å². The monoisotopic (exact) mass is 391 g/mol. The van der Waals surface area contributed by atoms with Gasteiger partial charge in [-0.05, 0) is 31.9 Å². The van der Waals surface area contributed by atoms with Crippen LogP contribution in [0.25, 0.3) is 0 Å². The van der Waals surface area contributed by atoms with Crippen molar-refractivity contribution in [1.82, 2.24) is 19.7 Å². The Morgan fingerprint density at radius 2 is 2.07 bits per heavy atom. The molecule has 2 fully saturated rings. The molecule has 1 saturated carbocycles. The molecule has 9 heteroatoms. The molecule has 8 nitrogen and oxygen atoms in total. The third kappa shape index (κ3) is 4.30. The Morgan fingerprint density at radius 3 is 2.74 bits per heavy atom. The Hall–Kier alpha value is -2.00. The molecule has 1 aliphatic heterocycles. The fraction of sp³-hybridized carbons (Fsp3) is 0.611. The van der Waals surface area contributed by atoms with Crippen LogP contribution in [0.4, 0.5) is 5.95 Å². The molecular weight excluding hydrogens is 366 g/mol. The van der Waals surface area contributed by atoms with Crippen LogP contribution in [0.15, 0.2) is 21.7 Å². The van der Waals surface area contributed by atoms with Gasteiger partial charge in [0.2, 0.25) is 11.9 Å². The molecule has 3 heterocycles. The maximum absolute atomic E-state index is 12.8. The van der Waals surface area contributed by atoms with Gasteiger partial charge in [-0.25, -0.2) is 0 Å². The number of carbonyl (C=O) groups is 1. The number of ether oxygens (including phenoxy) is 1. The normalized spacial score (nSPS) is 17.3. The minimum atomic E-state index is 0.118. The van der Waals surface area contributed by atoms with Crippen molar-refractivity contribution in [1.29, 1.82) is 0 Å². The zero-order chi connectivity index (χ0) is 18.8. The Morgan fingerprint density at radius 1 is 1.30 bits per heavy atom. The van der Waals surface area contributed by atoms with Gasteiger partial charge in [0, 0.05) is 26.2 Å². The summed E-state index contributed by atoms with van der Waals surface area (Å²) in [4.78, 5) is 16.9. The van der Waals surface area contributed by atoms with Crippen molar-refractivity contribution in [2.45, 2.75) is 37.5 Å². The van der Waals surface area contributed by atoms with Gasteiger partial charge in [-0.1, -0.05) is 11.8 Å². The van der Waals surface area contributed by atoms with Crippen molar-refractivity contribution < 1.29 is 13.9 Å². The minimum absolute atomic E-state index is 0.118. The van der Waals surface area contributed by atoms with Crippen molar-refractivity contribution in [3.63, 3.8) is 0 Å². The lowest BCUT2D eigenvalue weighted by Crippen LogP contribution is -2.37. The number of hydrogen-bond acceptors (Lipinski definition) is 7. The predicted molar refractivity (Wildman–Crippen MR) is 102 cm³/mol. The quantitative estimate of drug-likeness (QED) is 0.667. The number of furan rings is 1. The standard InChI is InChI=1S/C18H25N5O3S/c1-13-3-6-15(26-13)11-23(14-4-5-14)16(24)12-27-18-20-19-17(21(18)2)22-7-9-25-10-8-22/h3,6,14H,4-5,7-12H2,1-2H3. The average molecular weight is 391 g/mol. The van der Waals surface area contributed by atoms with E-state index in [0.29, 0.717) is 31.6 Å². The van der Waals surface area contributed by atoms with Gasteiger partial charge in [0.25, 0.3) is 0 Å². The highest BCUT2D eigenvalue weighted by Gasteiger charge is 2.33. The van der Waals surface area contributed by atoms with E-state index < -0.39 is 0 Å². The lowest BCUT2D eigenvalue weighted by Gasteiger charge is -2.27. The second-order valence-corrected chi connectivity index (χ2v) is 7.94. The molecule has 0 spiro atoms. The van der Waals surface area contributed by atoms with E-state index in [-0.39, 0.29) is 5.91 Å². The van der Waals surface area contributed by atoms with Gasteiger partial charge >= 0.3 is 0 Å². The van der Waals surface area contributed by atoms with Gasteiger partial charge in [-0.2, -0.15) is 0 Å². The third-order valence-corrected chi connectivity index (χ3v) is 5.87. The highest BCUT2D eigenvalue weighted by molar-refractivity contribution is 7.99. The van der Waals surface area contributed by atoms with Crippen LogP contribution in [0.2, 0.25) is 0 Å². The summed E-state index contributed by atoms with van der Waals surface area (Å²) in [5, 5.41) is 9.34. The average Bonchev–Trinajstić information content (AvgIpc) is 3.34. The Labute approximate surface area is 162 Å². The fourth-order valence-electron chi connectivity index (χ4n) is 3.23. The minimum Gasteiger partial charge on any atom is -0.464 e. The van der Waals surface area contributed by atoms with Crippen LogP contribution < -0.4 is 4.90 Å². The van der Waals surface area contributed by atoms with E-state index in [1.807, 2.05) is 35.6 Å². The summed E-state index contributed by atoms with van der Waals surface area (Å²) in [6, 6.07) is 4.22. The van der Waals surface area contributed by atoms with Crippen LogP contribution in [0.3, 0.4) is 0 Å². The number of aryl methyl sites for hydroxylation is 1. The van der Waals surface area contributed by atoms with Gasteiger partial charge in [0.1, 0.15) is 11.5 Å². The summed E-state index contributed by atoms with van der Waals surface area (Å²) in [7, 11) is 1.95. The summed E-state index contributed by atoms with van der Waals surface area (Å²) < 4.78 is 13.0. The summed E-state index contributed by atoms with van der Waals surface area (Å²) in [5.74, 6) is 3.01. The zero-order valence-electron chi connectivity index (χ0n) is 15.8. The Balaban J connectivity index is 1.37. The topological polar surface area (TPSA) is 76.6 Å². The van der Waals surface area contributed by atoms with E-state index in [4.69, 9.17) is 9.15 Å². The number of rotatable bonds is 7. The summed E-state index contributed by atoms with van der Waals surface area (Å²) >= 11 is 1.44. The number of carbonyl (C=O) groups excluding carboxylic acids is 1. The maximum atomic E-state index is 12.8. The molecule has 1 amide bonds. The number of amides is 1. The maximum Gasteiger partial charge on any atom is 0.233 e. The molecule has 0 aromatic carbocycles. The van der Waals surface area contributed by atoms with Crippen molar-refractivity contribution in [3.05, 3.63) is 23.7 Å². The molecule has 2 aliphatic rings. The second-order valence-electron chi connectivity index (χ2n) is 6.99. The van der Waals surface area contributed by atoms with Crippen molar-refractivity contribution in [3.8, 4) is 0 Å². The summed E-state index contributed by atoms with van der Waals surface area (Å²) in [6.07, 6.45) is 2.14. The molecule has 2 aromatic rings. The highest BCUT2D eigenvalue weighted by Crippen LogP contribution is 2.30. The first-order valence-electron chi connectivity index (χ1n) is 9.31. The van der Waals surface area contributed by atoms with Crippen molar-refractivity contribution >= 4 is 23.6 Å². The van der Waals surface area contributed by atoms with Crippen LogP contribution in [0.1, 0.15) is 24.4 Å². The van der Waals surface area contributed by atoms with E-state index in [0.717, 1.165) is 48.6 Å². The Kier molecular flexibility index (Phi) is 5.40. The lowest BCUT2D eigenvalue weighted by molar-refractivity contribution is -0.129. The van der Waals surface area contributed by atoms with Crippen LogP contribution in [0.5, 0.6) is 0 Å². The van der Waals surface area contributed by atoms with E-state index >= 15 is 0 Å². The van der Waals surface area contributed by atoms with E-state index in [1.54, 1.807) is 0 Å². The zero-order valence-corrected chi connectivity index (χ0v) is 16.6. The smallest absolute Gasteiger partial charge is 0.233 e. The molecule has 0 atom stereocenters. The van der Waals surface area contributed by atoms with Crippen LogP contribution >= 0.6 is 11.8 Å². The van der Waals surface area contributed by atoms with Crippen molar-refractivity contribution in [2.75, 3.05) is 37.0 Å². The van der Waals surface area contributed by atoms with Crippen LogP contribution in [-0.4, -0.2) is 63.7 Å². The first-order valence-corrected chi connectivity index (χ1v) is 10.3. The molecule has 0 radical (unpaired) electrons. The molecule has 0 unspecified atom stereocenters. The predicted octanol–water partition coefficient (Wildman–Crippen LogP) is 1.84. The van der Waals surface area contributed by atoms with E-state index in [9.17, 15) is 4.79 Å². The molecular formula is C18H25N5O3S. The third-order valence-electron chi connectivity index (χ3n) is 4.86. The second kappa shape index (κ2) is 7.93. The number of hydrogen-bond donors (Lipinski definition) is 0. The molecule has 0 N–H and O–H groups in total. The molecule has 27 heavy (non-hydrogen) atoms. The number of morpholine rings is 1. The summed E-state index contributed by atoms with van der Waals surface area (Å²) in [6.45, 7) is 5.49. The number of nitrogens with zero attached hydrogens (tertiary/aromatic N) is 5. The lowest BCUT2D eigenvalue weighted by atomic mass is 10.3. The van der Waals surface area contributed by atoms with E-state index in [1.165, 1.54) is 11.8 Å². The molecule has 2 aromatic heterocycles. The van der Waals surface area contributed by atoms with E-state index in [2.05, 4.69) is 15.1 Å². The van der Waals surface area contributed by atoms with Gasteiger partial charge in [0.15, 0.2) is 5.16 Å². The number of anilines is 1. The first-order chi connectivity index (χ1) is 13.1. The first kappa shape index (κ1) is 18.4. The molecule has 4 rings (SSSR count). The number of aromatic nitrogens is 3. The van der Waals surface area contributed by atoms with Crippen LogP contribution in [0, 0.1) is 6.92 Å². The fourth-order valence-corrected chi connectivity index (χ4v) is 4.02. The van der Waals surface area contributed by atoms with Gasteiger partial charge < -0.3 is 19.0 Å². The number of thioether (sulfide) groups is 1. The SMILES string of the molecule is Cc1ccc(CN(C(=O)CSc2nnc(N3CCOCC3)n2C)C2CC2)o1. The Bertz CT molecular complexity index is 795. The highest BCUT2D eigenvalue weighted by atomic mass is 32.2.